The standard InChI is InChI=1S/C14H12FNOSe/c1-18-13-5-3-2-4-12(13)14(17)16-11-8-6-10(15)7-9-11/h2-9H,1H3,(H,16,17). The molecule has 0 fully saturated rings. The van der Waals surface area contributed by atoms with Gasteiger partial charge in [-0.2, -0.15) is 0 Å². The number of anilines is 1. The van der Waals surface area contributed by atoms with Crippen LogP contribution in [0.3, 0.4) is 0 Å². The molecule has 92 valence electrons. The summed E-state index contributed by atoms with van der Waals surface area (Å²) in [4.78, 5) is 12.1. The third kappa shape index (κ3) is 2.97. The normalized spacial score (nSPS) is 10.1. The van der Waals surface area contributed by atoms with Crippen LogP contribution < -0.4 is 9.78 Å². The first-order valence-corrected chi connectivity index (χ1v) is 7.97. The van der Waals surface area contributed by atoms with E-state index >= 15 is 0 Å². The van der Waals surface area contributed by atoms with Gasteiger partial charge in [0.15, 0.2) is 0 Å². The van der Waals surface area contributed by atoms with Crippen LogP contribution in [-0.2, 0) is 0 Å². The Balaban J connectivity index is 2.19. The molecule has 0 unspecified atom stereocenters. The molecule has 0 saturated heterocycles. The monoisotopic (exact) mass is 309 g/mol. The average molecular weight is 308 g/mol. The first kappa shape index (κ1) is 12.8. The molecule has 0 radical (unpaired) electrons. The van der Waals surface area contributed by atoms with Gasteiger partial charge in [0, 0.05) is 0 Å². The maximum absolute atomic E-state index is 12.8. The zero-order valence-corrected chi connectivity index (χ0v) is 11.5. The second-order valence-electron chi connectivity index (χ2n) is 3.66. The Morgan fingerprint density at radius 1 is 1.11 bits per heavy atom. The Morgan fingerprint density at radius 2 is 1.78 bits per heavy atom. The van der Waals surface area contributed by atoms with Crippen LogP contribution in [0.15, 0.2) is 48.5 Å². The average Bonchev–Trinajstić information content (AvgIpc) is 2.41. The van der Waals surface area contributed by atoms with Crippen LogP contribution >= 0.6 is 0 Å². The molecular weight excluding hydrogens is 296 g/mol. The zero-order valence-electron chi connectivity index (χ0n) is 9.81. The SMILES string of the molecule is C[Se]c1ccccc1C(=O)Nc1ccc(F)cc1. The van der Waals surface area contributed by atoms with Gasteiger partial charge in [0.25, 0.3) is 0 Å². The fraction of sp³-hybridized carbons (Fsp3) is 0.0714. The van der Waals surface area contributed by atoms with Crippen LogP contribution in [0, 0.1) is 5.82 Å². The quantitative estimate of drug-likeness (QED) is 0.867. The minimum absolute atomic E-state index is 0.152. The van der Waals surface area contributed by atoms with Gasteiger partial charge in [0.2, 0.25) is 0 Å². The van der Waals surface area contributed by atoms with Crippen molar-refractivity contribution in [3.05, 3.63) is 59.9 Å². The molecule has 0 aliphatic heterocycles. The third-order valence-electron chi connectivity index (χ3n) is 2.45. The molecule has 0 saturated carbocycles. The van der Waals surface area contributed by atoms with Gasteiger partial charge in [-0.05, 0) is 0 Å². The summed E-state index contributed by atoms with van der Waals surface area (Å²) in [6, 6.07) is 13.3. The second kappa shape index (κ2) is 5.80. The first-order valence-electron chi connectivity index (χ1n) is 5.40. The molecule has 0 aromatic heterocycles. The van der Waals surface area contributed by atoms with E-state index in [1.165, 1.54) is 12.1 Å². The van der Waals surface area contributed by atoms with E-state index in [1.807, 2.05) is 18.2 Å². The Labute approximate surface area is 111 Å². The molecule has 0 spiro atoms. The number of hydrogen-bond acceptors (Lipinski definition) is 1. The Hall–Kier alpha value is -1.64. The maximum atomic E-state index is 12.8. The third-order valence-corrected chi connectivity index (χ3v) is 4.12. The molecule has 0 bridgehead atoms. The van der Waals surface area contributed by atoms with Crippen molar-refractivity contribution < 1.29 is 9.18 Å². The predicted molar refractivity (Wildman–Crippen MR) is 72.0 cm³/mol. The van der Waals surface area contributed by atoms with Crippen LogP contribution in [-0.4, -0.2) is 20.9 Å². The predicted octanol–water partition coefficient (Wildman–Crippen LogP) is 2.46. The topological polar surface area (TPSA) is 29.1 Å². The van der Waals surface area contributed by atoms with E-state index in [-0.39, 0.29) is 26.7 Å². The molecular formula is C14H12FNOSe. The van der Waals surface area contributed by atoms with Crippen LogP contribution in [0.4, 0.5) is 10.1 Å². The van der Waals surface area contributed by atoms with Gasteiger partial charge in [-0.15, -0.1) is 0 Å². The molecule has 2 rings (SSSR count). The minimum atomic E-state index is -0.315. The van der Waals surface area contributed by atoms with E-state index in [9.17, 15) is 9.18 Å². The van der Waals surface area contributed by atoms with Crippen LogP contribution in [0.1, 0.15) is 10.4 Å². The number of rotatable bonds is 3. The summed E-state index contributed by atoms with van der Waals surface area (Å²) in [6.07, 6.45) is 0. The van der Waals surface area contributed by atoms with Crippen LogP contribution in [0.5, 0.6) is 0 Å². The summed E-state index contributed by atoms with van der Waals surface area (Å²) in [5.74, 6) is 1.60. The van der Waals surface area contributed by atoms with Crippen molar-refractivity contribution in [3.8, 4) is 0 Å². The summed E-state index contributed by atoms with van der Waals surface area (Å²) in [5, 5.41) is 2.76. The molecule has 2 nitrogen and oxygen atoms in total. The summed E-state index contributed by atoms with van der Waals surface area (Å²) in [7, 11) is 0. The summed E-state index contributed by atoms with van der Waals surface area (Å²) in [5.41, 5.74) is 1.28. The molecule has 1 N–H and O–H groups in total. The van der Waals surface area contributed by atoms with Crippen molar-refractivity contribution in [2.75, 3.05) is 5.32 Å². The molecule has 0 heterocycles. The van der Waals surface area contributed by atoms with Crippen LogP contribution in [0.2, 0.25) is 5.82 Å². The van der Waals surface area contributed by atoms with E-state index in [2.05, 4.69) is 11.1 Å². The number of amides is 1. The van der Waals surface area contributed by atoms with Gasteiger partial charge >= 0.3 is 111 Å². The van der Waals surface area contributed by atoms with Gasteiger partial charge in [0.1, 0.15) is 0 Å². The summed E-state index contributed by atoms with van der Waals surface area (Å²) < 4.78 is 13.8. The van der Waals surface area contributed by atoms with E-state index in [1.54, 1.807) is 18.2 Å². The molecule has 18 heavy (non-hydrogen) atoms. The summed E-state index contributed by atoms with van der Waals surface area (Å²) >= 11 is 0.261. The van der Waals surface area contributed by atoms with Gasteiger partial charge in [-0.25, -0.2) is 0 Å². The number of benzene rings is 2. The fourth-order valence-corrected chi connectivity index (χ4v) is 2.81. The van der Waals surface area contributed by atoms with Crippen molar-refractivity contribution in [1.82, 2.24) is 0 Å². The van der Waals surface area contributed by atoms with Gasteiger partial charge in [-0.1, -0.05) is 0 Å². The van der Waals surface area contributed by atoms with Crippen LogP contribution in [0.25, 0.3) is 0 Å². The molecule has 4 heteroatoms. The van der Waals surface area contributed by atoms with E-state index in [0.29, 0.717) is 11.3 Å². The fourth-order valence-electron chi connectivity index (χ4n) is 1.56. The molecule has 0 aliphatic rings. The van der Waals surface area contributed by atoms with Crippen molar-refractivity contribution in [3.63, 3.8) is 0 Å². The second-order valence-corrected chi connectivity index (χ2v) is 5.44. The van der Waals surface area contributed by atoms with Crippen molar-refractivity contribution in [1.29, 1.82) is 0 Å². The van der Waals surface area contributed by atoms with E-state index < -0.39 is 0 Å². The first-order chi connectivity index (χ1) is 8.70. The number of halogens is 1. The number of carbonyl (C=O) groups is 1. The Kier molecular flexibility index (Phi) is 4.13. The zero-order chi connectivity index (χ0) is 13.0. The summed E-state index contributed by atoms with van der Waals surface area (Å²) in [6.45, 7) is 0. The number of hydrogen-bond donors (Lipinski definition) is 1. The van der Waals surface area contributed by atoms with Gasteiger partial charge in [-0.3, -0.25) is 0 Å². The molecule has 1 amide bonds. The van der Waals surface area contributed by atoms with E-state index in [0.717, 1.165) is 4.46 Å². The van der Waals surface area contributed by atoms with Crippen molar-refractivity contribution in [2.24, 2.45) is 0 Å². The Bertz CT molecular complexity index is 554. The molecule has 0 atom stereocenters. The number of carbonyl (C=O) groups excluding carboxylic acids is 1. The van der Waals surface area contributed by atoms with E-state index in [4.69, 9.17) is 0 Å². The van der Waals surface area contributed by atoms with Crippen molar-refractivity contribution in [2.45, 2.75) is 5.82 Å². The number of nitrogens with one attached hydrogen (secondary N) is 1. The van der Waals surface area contributed by atoms with Gasteiger partial charge in [0.05, 0.1) is 0 Å². The van der Waals surface area contributed by atoms with Gasteiger partial charge < -0.3 is 0 Å². The molecule has 2 aromatic carbocycles. The molecule has 2 aromatic rings. The Morgan fingerprint density at radius 3 is 2.44 bits per heavy atom. The molecule has 0 aliphatic carbocycles. The van der Waals surface area contributed by atoms with Crippen molar-refractivity contribution >= 4 is 31.0 Å².